The number of hydrogen-bond donors (Lipinski definition) is 0. The number of rotatable bonds is 2. The third-order valence-corrected chi connectivity index (χ3v) is 9.42. The van der Waals surface area contributed by atoms with Crippen LogP contribution in [0.5, 0.6) is 0 Å². The molecule has 5 aromatic carbocycles. The topological polar surface area (TPSA) is 4.93 Å². The smallest absolute Gasteiger partial charge is 0.0631 e. The first kappa shape index (κ1) is 21.4. The highest BCUT2D eigenvalue weighted by atomic mass is 79.9. The molecule has 0 unspecified atom stereocenters. The van der Waals surface area contributed by atoms with Crippen LogP contribution in [0.3, 0.4) is 0 Å². The second kappa shape index (κ2) is 8.17. The van der Waals surface area contributed by atoms with Crippen molar-refractivity contribution in [2.45, 2.75) is 12.8 Å². The summed E-state index contributed by atoms with van der Waals surface area (Å²) in [5.41, 5.74) is 7.90. The van der Waals surface area contributed by atoms with Gasteiger partial charge in [0.05, 0.1) is 16.7 Å². The minimum Gasteiger partial charge on any atom is -0.308 e. The van der Waals surface area contributed by atoms with Crippen molar-refractivity contribution in [2.75, 3.05) is 0 Å². The van der Waals surface area contributed by atoms with Crippen LogP contribution in [-0.2, 0) is 6.42 Å². The van der Waals surface area contributed by atoms with E-state index in [1.54, 1.807) is 0 Å². The van der Waals surface area contributed by atoms with E-state index in [1.807, 2.05) is 11.3 Å². The Morgan fingerprint density at radius 1 is 0.757 bits per heavy atom. The average molecular weight is 557 g/mol. The molecule has 2 aromatic heterocycles. The number of benzene rings is 5. The van der Waals surface area contributed by atoms with Crippen LogP contribution >= 0.6 is 27.3 Å². The third-order valence-electron chi connectivity index (χ3n) is 7.70. The highest BCUT2D eigenvalue weighted by Gasteiger charge is 2.24. The molecule has 7 aromatic rings. The van der Waals surface area contributed by atoms with Crippen molar-refractivity contribution >= 4 is 76.0 Å². The lowest BCUT2D eigenvalue weighted by molar-refractivity contribution is 1.01. The number of thiophene rings is 1. The minimum absolute atomic E-state index is 1.08. The Morgan fingerprint density at radius 3 is 2.49 bits per heavy atom. The maximum Gasteiger partial charge on any atom is 0.0631 e. The molecule has 0 aliphatic heterocycles. The Hall–Kier alpha value is -3.66. The Labute approximate surface area is 227 Å². The first-order chi connectivity index (χ1) is 18.3. The van der Waals surface area contributed by atoms with Crippen LogP contribution in [0.25, 0.3) is 65.6 Å². The highest BCUT2D eigenvalue weighted by molar-refractivity contribution is 9.10. The summed E-state index contributed by atoms with van der Waals surface area (Å²) in [6.45, 7) is 0. The molecule has 1 aliphatic carbocycles. The van der Waals surface area contributed by atoms with E-state index in [1.165, 1.54) is 69.9 Å². The van der Waals surface area contributed by atoms with Crippen LogP contribution in [-0.4, -0.2) is 4.57 Å². The molecule has 0 fully saturated rings. The zero-order valence-corrected chi connectivity index (χ0v) is 22.4. The van der Waals surface area contributed by atoms with Crippen LogP contribution < -0.4 is 0 Å². The molecule has 0 saturated heterocycles. The largest absolute Gasteiger partial charge is 0.308 e. The monoisotopic (exact) mass is 555 g/mol. The summed E-state index contributed by atoms with van der Waals surface area (Å²) >= 11 is 5.66. The summed E-state index contributed by atoms with van der Waals surface area (Å²) in [4.78, 5) is 1.40. The molecular weight excluding hydrogens is 534 g/mol. The van der Waals surface area contributed by atoms with Gasteiger partial charge in [0.25, 0.3) is 0 Å². The quantitative estimate of drug-likeness (QED) is 0.200. The molecule has 1 aliphatic rings. The van der Waals surface area contributed by atoms with Crippen LogP contribution in [0.1, 0.15) is 16.9 Å². The number of fused-ring (bicyclic) bond motifs is 8. The third kappa shape index (κ3) is 3.14. The Balaban J connectivity index is 1.63. The van der Waals surface area contributed by atoms with Gasteiger partial charge in [0.1, 0.15) is 0 Å². The molecule has 1 nitrogen and oxygen atoms in total. The van der Waals surface area contributed by atoms with Gasteiger partial charge in [-0.2, -0.15) is 0 Å². The summed E-state index contributed by atoms with van der Waals surface area (Å²) in [6, 6.07) is 35.5. The van der Waals surface area contributed by atoms with Gasteiger partial charge in [-0.1, -0.05) is 88.7 Å². The number of para-hydroxylation sites is 1. The summed E-state index contributed by atoms with van der Waals surface area (Å²) < 4.78 is 5.02. The molecule has 2 heterocycles. The van der Waals surface area contributed by atoms with Crippen molar-refractivity contribution in [3.8, 4) is 16.8 Å². The van der Waals surface area contributed by atoms with Gasteiger partial charge < -0.3 is 4.57 Å². The normalized spacial score (nSPS) is 13.2. The van der Waals surface area contributed by atoms with Crippen molar-refractivity contribution in [3.05, 3.63) is 118 Å². The minimum atomic E-state index is 1.08. The first-order valence-corrected chi connectivity index (χ1v) is 14.3. The maximum atomic E-state index is 3.72. The number of allylic oxidation sites excluding steroid dienone is 1. The van der Waals surface area contributed by atoms with Crippen LogP contribution in [0.15, 0.2) is 108 Å². The SMILES string of the molecule is Brc1cccc(-c2cc3c4ccccc4n(-c4cccc5ccccc45)c3c3c4c(sc23)C=CCC4)c1. The average Bonchev–Trinajstić information content (AvgIpc) is 3.48. The molecule has 3 heteroatoms. The highest BCUT2D eigenvalue weighted by Crippen LogP contribution is 2.48. The predicted octanol–water partition coefficient (Wildman–Crippen LogP) is 10.5. The number of aryl methyl sites for hydroxylation is 1. The van der Waals surface area contributed by atoms with Gasteiger partial charge in [-0.15, -0.1) is 11.3 Å². The second-order valence-corrected chi connectivity index (χ2v) is 11.7. The zero-order chi connectivity index (χ0) is 24.5. The van der Waals surface area contributed by atoms with E-state index in [0.29, 0.717) is 0 Å². The van der Waals surface area contributed by atoms with Crippen molar-refractivity contribution < 1.29 is 0 Å². The van der Waals surface area contributed by atoms with Gasteiger partial charge in [0, 0.05) is 41.2 Å². The fraction of sp³-hybridized carbons (Fsp3) is 0.0588. The van der Waals surface area contributed by atoms with Gasteiger partial charge in [0.15, 0.2) is 0 Å². The zero-order valence-electron chi connectivity index (χ0n) is 20.0. The van der Waals surface area contributed by atoms with Gasteiger partial charge >= 0.3 is 0 Å². The molecule has 0 radical (unpaired) electrons. The Kier molecular flexibility index (Phi) is 4.73. The number of nitrogens with zero attached hydrogens (tertiary/aromatic N) is 1. The van der Waals surface area contributed by atoms with Crippen LogP contribution in [0, 0.1) is 0 Å². The van der Waals surface area contributed by atoms with E-state index < -0.39 is 0 Å². The summed E-state index contributed by atoms with van der Waals surface area (Å²) in [5.74, 6) is 0. The number of hydrogen-bond acceptors (Lipinski definition) is 1. The fourth-order valence-electron chi connectivity index (χ4n) is 6.12. The predicted molar refractivity (Wildman–Crippen MR) is 164 cm³/mol. The summed E-state index contributed by atoms with van der Waals surface area (Å²) in [5, 5.41) is 6.58. The molecule has 0 bridgehead atoms. The molecule has 0 N–H and O–H groups in total. The molecule has 0 saturated carbocycles. The summed E-state index contributed by atoms with van der Waals surface area (Å²) in [7, 11) is 0. The standard InChI is InChI=1S/C34H22BrNS/c35-23-12-7-11-22(19-23)27-20-28-25-14-3-5-16-30(25)36(29-17-8-10-21-9-1-2-13-24(21)29)33(28)32-26-15-4-6-18-31(26)37-34(27)32/h1-3,5-14,16-20H,4,15H2. The molecule has 0 amide bonds. The van der Waals surface area contributed by atoms with Crippen molar-refractivity contribution in [2.24, 2.45) is 0 Å². The van der Waals surface area contributed by atoms with Crippen LogP contribution in [0.2, 0.25) is 0 Å². The Bertz CT molecular complexity index is 2050. The van der Waals surface area contributed by atoms with Gasteiger partial charge in [-0.25, -0.2) is 0 Å². The number of aromatic nitrogens is 1. The Morgan fingerprint density at radius 2 is 1.57 bits per heavy atom. The van der Waals surface area contributed by atoms with Crippen molar-refractivity contribution in [1.29, 1.82) is 0 Å². The van der Waals surface area contributed by atoms with E-state index in [9.17, 15) is 0 Å². The van der Waals surface area contributed by atoms with E-state index in [2.05, 4.69) is 130 Å². The molecule has 37 heavy (non-hydrogen) atoms. The van der Waals surface area contributed by atoms with Crippen LogP contribution in [0.4, 0.5) is 0 Å². The van der Waals surface area contributed by atoms with Crippen molar-refractivity contribution in [3.63, 3.8) is 0 Å². The number of halogens is 1. The molecule has 176 valence electrons. The van der Waals surface area contributed by atoms with Gasteiger partial charge in [0.2, 0.25) is 0 Å². The van der Waals surface area contributed by atoms with E-state index in [0.717, 1.165) is 17.3 Å². The molecule has 0 atom stereocenters. The maximum absolute atomic E-state index is 3.72. The van der Waals surface area contributed by atoms with Gasteiger partial charge in [-0.05, 0) is 65.8 Å². The lowest BCUT2D eigenvalue weighted by atomic mass is 9.95. The summed E-state index contributed by atoms with van der Waals surface area (Å²) in [6.07, 6.45) is 6.84. The van der Waals surface area contributed by atoms with E-state index in [-0.39, 0.29) is 0 Å². The first-order valence-electron chi connectivity index (χ1n) is 12.7. The van der Waals surface area contributed by atoms with E-state index >= 15 is 0 Å². The lowest BCUT2D eigenvalue weighted by Crippen LogP contribution is -1.97. The molecule has 0 spiro atoms. The van der Waals surface area contributed by atoms with Crippen molar-refractivity contribution in [1.82, 2.24) is 4.57 Å². The van der Waals surface area contributed by atoms with E-state index in [4.69, 9.17) is 0 Å². The molecule has 8 rings (SSSR count). The molecular formula is C34H22BrNS. The fourth-order valence-corrected chi connectivity index (χ4v) is 7.83. The van der Waals surface area contributed by atoms with Gasteiger partial charge in [-0.3, -0.25) is 0 Å². The lowest BCUT2D eigenvalue weighted by Gasteiger charge is -2.14. The second-order valence-electron chi connectivity index (χ2n) is 9.77.